The molecule has 0 bridgehead atoms. The number of hydrogen-bond donors (Lipinski definition) is 2. The maximum atomic E-state index is 12.5. The second-order valence-corrected chi connectivity index (χ2v) is 4.80. The summed E-state index contributed by atoms with van der Waals surface area (Å²) in [6, 6.07) is 12.6. The zero-order valence-electron chi connectivity index (χ0n) is 11.6. The summed E-state index contributed by atoms with van der Waals surface area (Å²) in [5, 5.41) is 2.94. The summed E-state index contributed by atoms with van der Waals surface area (Å²) in [4.78, 5) is 12.5. The third-order valence-electron chi connectivity index (χ3n) is 3.51. The van der Waals surface area contributed by atoms with E-state index >= 15 is 0 Å². The van der Waals surface area contributed by atoms with Gasteiger partial charge in [-0.25, -0.2) is 0 Å². The number of nitrogens with one attached hydrogen (secondary N) is 1. The molecule has 2 aromatic rings. The Bertz CT molecular complexity index is 685. The van der Waals surface area contributed by atoms with Crippen LogP contribution in [0.1, 0.15) is 22.0 Å². The fourth-order valence-electron chi connectivity index (χ4n) is 2.47. The number of nitrogen functional groups attached to an aromatic ring is 1. The summed E-state index contributed by atoms with van der Waals surface area (Å²) in [7, 11) is 1.51. The van der Waals surface area contributed by atoms with Crippen LogP contribution in [0.4, 0.5) is 5.69 Å². The number of carbonyl (C=O) groups excluding carboxylic acids is 1. The maximum Gasteiger partial charge on any atom is 0.257 e. The fraction of sp³-hybridized carbons (Fsp3) is 0.188. The van der Waals surface area contributed by atoms with E-state index in [2.05, 4.69) is 5.32 Å². The molecule has 3 rings (SSSR count). The van der Waals surface area contributed by atoms with E-state index in [0.717, 1.165) is 11.3 Å². The Morgan fingerprint density at radius 1 is 1.29 bits per heavy atom. The molecule has 0 aromatic heterocycles. The smallest absolute Gasteiger partial charge is 0.257 e. The van der Waals surface area contributed by atoms with Crippen molar-refractivity contribution in [1.82, 2.24) is 5.32 Å². The summed E-state index contributed by atoms with van der Waals surface area (Å²) < 4.78 is 10.8. The molecule has 0 aliphatic carbocycles. The molecule has 21 heavy (non-hydrogen) atoms. The van der Waals surface area contributed by atoms with E-state index in [1.165, 1.54) is 7.11 Å². The number of hydrogen-bond acceptors (Lipinski definition) is 4. The first-order valence-electron chi connectivity index (χ1n) is 6.65. The van der Waals surface area contributed by atoms with Gasteiger partial charge in [0.25, 0.3) is 5.91 Å². The van der Waals surface area contributed by atoms with Crippen LogP contribution in [0.3, 0.4) is 0 Å². The van der Waals surface area contributed by atoms with Crippen LogP contribution >= 0.6 is 0 Å². The van der Waals surface area contributed by atoms with E-state index in [4.69, 9.17) is 15.2 Å². The minimum atomic E-state index is -0.268. The van der Waals surface area contributed by atoms with Gasteiger partial charge in [-0.05, 0) is 18.2 Å². The molecule has 1 amide bonds. The topological polar surface area (TPSA) is 73.6 Å². The van der Waals surface area contributed by atoms with Crippen LogP contribution in [0.2, 0.25) is 0 Å². The first-order chi connectivity index (χ1) is 10.2. The molecule has 0 saturated heterocycles. The Kier molecular flexibility index (Phi) is 3.39. The zero-order valence-corrected chi connectivity index (χ0v) is 11.6. The SMILES string of the molecule is COc1cccc(N)c1C(=O)NC1COc2ccccc21. The lowest BCUT2D eigenvalue weighted by Gasteiger charge is -2.15. The molecule has 0 spiro atoms. The molecule has 1 unspecified atom stereocenters. The molecule has 0 radical (unpaired) electrons. The van der Waals surface area contributed by atoms with Gasteiger partial charge in [0, 0.05) is 11.3 Å². The standard InChI is InChI=1S/C16H16N2O3/c1-20-14-8-4-6-11(17)15(14)16(19)18-12-9-21-13-7-3-2-5-10(12)13/h2-8,12H,9,17H2,1H3,(H,18,19). The molecule has 1 aliphatic heterocycles. The van der Waals surface area contributed by atoms with E-state index in [9.17, 15) is 4.79 Å². The van der Waals surface area contributed by atoms with Crippen LogP contribution in [0.5, 0.6) is 11.5 Å². The van der Waals surface area contributed by atoms with Crippen LogP contribution in [0.15, 0.2) is 42.5 Å². The quantitative estimate of drug-likeness (QED) is 0.847. The highest BCUT2D eigenvalue weighted by atomic mass is 16.5. The Hall–Kier alpha value is -2.69. The average Bonchev–Trinajstić information content (AvgIpc) is 2.90. The van der Waals surface area contributed by atoms with Gasteiger partial charge >= 0.3 is 0 Å². The maximum absolute atomic E-state index is 12.5. The van der Waals surface area contributed by atoms with Gasteiger partial charge < -0.3 is 20.5 Å². The predicted molar refractivity (Wildman–Crippen MR) is 79.6 cm³/mol. The number of fused-ring (bicyclic) bond motifs is 1. The van der Waals surface area contributed by atoms with Crippen molar-refractivity contribution in [2.45, 2.75) is 6.04 Å². The van der Waals surface area contributed by atoms with Crippen molar-refractivity contribution in [3.05, 3.63) is 53.6 Å². The molecule has 3 N–H and O–H groups in total. The normalized spacial score (nSPS) is 16.0. The van der Waals surface area contributed by atoms with E-state index in [1.807, 2.05) is 24.3 Å². The first kappa shape index (κ1) is 13.3. The molecule has 0 saturated carbocycles. The van der Waals surface area contributed by atoms with Crippen LogP contribution in [0, 0.1) is 0 Å². The van der Waals surface area contributed by atoms with Crippen molar-refractivity contribution >= 4 is 11.6 Å². The monoisotopic (exact) mass is 284 g/mol. The Morgan fingerprint density at radius 2 is 2.10 bits per heavy atom. The van der Waals surface area contributed by atoms with Crippen molar-refractivity contribution in [2.24, 2.45) is 0 Å². The number of rotatable bonds is 3. The second kappa shape index (κ2) is 5.36. The van der Waals surface area contributed by atoms with Gasteiger partial charge in [0.1, 0.15) is 23.7 Å². The number of ether oxygens (including phenoxy) is 2. The summed E-state index contributed by atoms with van der Waals surface area (Å²) >= 11 is 0. The molecule has 108 valence electrons. The number of benzene rings is 2. The molecule has 2 aromatic carbocycles. The van der Waals surface area contributed by atoms with E-state index in [0.29, 0.717) is 23.6 Å². The van der Waals surface area contributed by atoms with Crippen molar-refractivity contribution in [3.8, 4) is 11.5 Å². The van der Waals surface area contributed by atoms with Gasteiger partial charge in [-0.1, -0.05) is 24.3 Å². The minimum Gasteiger partial charge on any atom is -0.496 e. The average molecular weight is 284 g/mol. The highest BCUT2D eigenvalue weighted by Crippen LogP contribution is 2.32. The van der Waals surface area contributed by atoms with Crippen LogP contribution in [-0.4, -0.2) is 19.6 Å². The summed E-state index contributed by atoms with van der Waals surface area (Å²) in [5.41, 5.74) is 7.61. The zero-order chi connectivity index (χ0) is 14.8. The van der Waals surface area contributed by atoms with E-state index < -0.39 is 0 Å². The molecule has 1 aliphatic rings. The minimum absolute atomic E-state index is 0.182. The molecule has 1 atom stereocenters. The summed E-state index contributed by atoms with van der Waals surface area (Å²) in [6.07, 6.45) is 0. The molecule has 1 heterocycles. The number of amides is 1. The van der Waals surface area contributed by atoms with Gasteiger partial charge in [-0.15, -0.1) is 0 Å². The number of anilines is 1. The number of nitrogens with two attached hydrogens (primary N) is 1. The lowest BCUT2D eigenvalue weighted by Crippen LogP contribution is -2.30. The van der Waals surface area contributed by atoms with Crippen molar-refractivity contribution in [1.29, 1.82) is 0 Å². The molecular weight excluding hydrogens is 268 g/mol. The Balaban J connectivity index is 1.86. The lowest BCUT2D eigenvalue weighted by molar-refractivity contribution is 0.0928. The highest BCUT2D eigenvalue weighted by molar-refractivity contribution is 6.02. The van der Waals surface area contributed by atoms with Crippen LogP contribution in [-0.2, 0) is 0 Å². The molecular formula is C16H16N2O3. The van der Waals surface area contributed by atoms with Gasteiger partial charge in [0.2, 0.25) is 0 Å². The Labute approximate surface area is 122 Å². The largest absolute Gasteiger partial charge is 0.496 e. The first-order valence-corrected chi connectivity index (χ1v) is 6.65. The van der Waals surface area contributed by atoms with Gasteiger partial charge in [-0.2, -0.15) is 0 Å². The van der Waals surface area contributed by atoms with Crippen LogP contribution < -0.4 is 20.5 Å². The summed E-state index contributed by atoms with van der Waals surface area (Å²) in [6.45, 7) is 0.417. The van der Waals surface area contributed by atoms with Crippen molar-refractivity contribution in [2.75, 3.05) is 19.5 Å². The number of para-hydroxylation sites is 1. The third kappa shape index (κ3) is 2.38. The van der Waals surface area contributed by atoms with Crippen molar-refractivity contribution in [3.63, 3.8) is 0 Å². The van der Waals surface area contributed by atoms with Gasteiger partial charge in [0.15, 0.2) is 0 Å². The lowest BCUT2D eigenvalue weighted by atomic mass is 10.1. The number of carbonyl (C=O) groups is 1. The predicted octanol–water partition coefficient (Wildman–Crippen LogP) is 2.14. The van der Waals surface area contributed by atoms with E-state index in [1.54, 1.807) is 18.2 Å². The number of methoxy groups -OCH3 is 1. The third-order valence-corrected chi connectivity index (χ3v) is 3.51. The fourth-order valence-corrected chi connectivity index (χ4v) is 2.47. The second-order valence-electron chi connectivity index (χ2n) is 4.80. The van der Waals surface area contributed by atoms with Crippen LogP contribution in [0.25, 0.3) is 0 Å². The molecule has 5 heteroatoms. The highest BCUT2D eigenvalue weighted by Gasteiger charge is 2.27. The van der Waals surface area contributed by atoms with Gasteiger partial charge in [0.05, 0.1) is 13.2 Å². The molecule has 0 fully saturated rings. The summed E-state index contributed by atoms with van der Waals surface area (Å²) in [5.74, 6) is 0.991. The van der Waals surface area contributed by atoms with E-state index in [-0.39, 0.29) is 11.9 Å². The Morgan fingerprint density at radius 3 is 2.90 bits per heavy atom. The molecule has 5 nitrogen and oxygen atoms in total. The van der Waals surface area contributed by atoms with Crippen molar-refractivity contribution < 1.29 is 14.3 Å². The van der Waals surface area contributed by atoms with Gasteiger partial charge in [-0.3, -0.25) is 4.79 Å².